The Balaban J connectivity index is 1.82. The van der Waals surface area contributed by atoms with Gasteiger partial charge in [-0.05, 0) is 65.8 Å². The maximum Gasteiger partial charge on any atom is 0.253 e. The minimum Gasteiger partial charge on any atom is -0.494 e. The third kappa shape index (κ3) is 4.07. The molecule has 26 heavy (non-hydrogen) atoms. The molecule has 0 spiro atoms. The van der Waals surface area contributed by atoms with Crippen LogP contribution in [0.2, 0.25) is 0 Å². The Labute approximate surface area is 154 Å². The first kappa shape index (κ1) is 18.1. The summed E-state index contributed by atoms with van der Waals surface area (Å²) in [4.78, 5) is 15.3. The quantitative estimate of drug-likeness (QED) is 0.692. The van der Waals surface area contributed by atoms with Gasteiger partial charge in [-0.15, -0.1) is 0 Å². The van der Waals surface area contributed by atoms with Gasteiger partial charge in [0.25, 0.3) is 5.56 Å². The molecule has 3 aromatic rings. The van der Waals surface area contributed by atoms with Gasteiger partial charge in [-0.1, -0.05) is 26.8 Å². The van der Waals surface area contributed by atoms with Crippen molar-refractivity contribution in [3.8, 4) is 5.75 Å². The average molecular weight is 350 g/mol. The van der Waals surface area contributed by atoms with E-state index in [0.717, 1.165) is 27.9 Å². The molecule has 3 rings (SSSR count). The van der Waals surface area contributed by atoms with Gasteiger partial charge < -0.3 is 15.0 Å². The van der Waals surface area contributed by atoms with Crippen LogP contribution in [0.15, 0.2) is 53.3 Å². The monoisotopic (exact) mass is 350 g/mol. The maximum atomic E-state index is 12.4. The van der Waals surface area contributed by atoms with E-state index in [4.69, 9.17) is 4.74 Å². The minimum absolute atomic E-state index is 0.0561. The molecule has 0 aliphatic rings. The van der Waals surface area contributed by atoms with Gasteiger partial charge in [0, 0.05) is 23.3 Å². The number of rotatable bonds is 5. The predicted molar refractivity (Wildman–Crippen MR) is 108 cm³/mol. The van der Waals surface area contributed by atoms with Gasteiger partial charge >= 0.3 is 0 Å². The lowest BCUT2D eigenvalue weighted by Crippen LogP contribution is -2.16. The molecular weight excluding hydrogens is 324 g/mol. The van der Waals surface area contributed by atoms with Crippen LogP contribution in [0.25, 0.3) is 10.9 Å². The van der Waals surface area contributed by atoms with E-state index in [1.807, 2.05) is 43.3 Å². The van der Waals surface area contributed by atoms with Crippen molar-refractivity contribution in [1.29, 1.82) is 0 Å². The number of nitrogens with one attached hydrogen (secondary N) is 2. The Morgan fingerprint density at radius 3 is 2.42 bits per heavy atom. The van der Waals surface area contributed by atoms with Gasteiger partial charge in [0.05, 0.1) is 6.61 Å². The van der Waals surface area contributed by atoms with Gasteiger partial charge in [0.1, 0.15) is 5.75 Å². The number of aromatic nitrogens is 1. The number of ether oxygens (including phenoxy) is 1. The molecule has 0 unspecified atom stereocenters. The molecule has 0 aliphatic carbocycles. The summed E-state index contributed by atoms with van der Waals surface area (Å²) in [6.07, 6.45) is 0. The molecule has 0 aliphatic heterocycles. The normalized spacial score (nSPS) is 11.5. The summed E-state index contributed by atoms with van der Waals surface area (Å²) in [6, 6.07) is 16.0. The highest BCUT2D eigenvalue weighted by Gasteiger charge is 2.14. The number of hydrogen-bond donors (Lipinski definition) is 2. The van der Waals surface area contributed by atoms with Crippen LogP contribution in [-0.4, -0.2) is 11.6 Å². The fraction of sp³-hybridized carbons (Fsp3) is 0.318. The van der Waals surface area contributed by atoms with Crippen molar-refractivity contribution >= 4 is 16.6 Å². The summed E-state index contributed by atoms with van der Waals surface area (Å²) >= 11 is 0. The lowest BCUT2D eigenvalue weighted by Gasteiger charge is -2.19. The SMILES string of the molecule is CCOc1ccc(NCc2cc3cc(C(C)(C)C)ccc3[nH]c2=O)cc1. The van der Waals surface area contributed by atoms with E-state index in [1.165, 1.54) is 5.56 Å². The molecule has 0 radical (unpaired) electrons. The smallest absolute Gasteiger partial charge is 0.253 e. The summed E-state index contributed by atoms with van der Waals surface area (Å²) in [5, 5.41) is 4.36. The highest BCUT2D eigenvalue weighted by molar-refractivity contribution is 5.80. The van der Waals surface area contributed by atoms with Gasteiger partial charge in [0.15, 0.2) is 0 Å². The molecule has 0 atom stereocenters. The van der Waals surface area contributed by atoms with Crippen LogP contribution in [0.3, 0.4) is 0 Å². The van der Waals surface area contributed by atoms with Crippen molar-refractivity contribution in [2.75, 3.05) is 11.9 Å². The predicted octanol–water partition coefficient (Wildman–Crippen LogP) is 4.84. The van der Waals surface area contributed by atoms with E-state index < -0.39 is 0 Å². The Hall–Kier alpha value is -2.75. The van der Waals surface area contributed by atoms with Crippen LogP contribution in [0.1, 0.15) is 38.8 Å². The molecule has 0 saturated heterocycles. The summed E-state index contributed by atoms with van der Waals surface area (Å²) in [7, 11) is 0. The van der Waals surface area contributed by atoms with E-state index in [2.05, 4.69) is 43.2 Å². The molecule has 0 fully saturated rings. The molecule has 4 nitrogen and oxygen atoms in total. The third-order valence-electron chi connectivity index (χ3n) is 4.44. The van der Waals surface area contributed by atoms with E-state index in [0.29, 0.717) is 13.2 Å². The number of H-pyrrole nitrogens is 1. The van der Waals surface area contributed by atoms with Gasteiger partial charge in [-0.3, -0.25) is 4.79 Å². The van der Waals surface area contributed by atoms with E-state index >= 15 is 0 Å². The fourth-order valence-corrected chi connectivity index (χ4v) is 2.88. The van der Waals surface area contributed by atoms with Crippen molar-refractivity contribution in [1.82, 2.24) is 4.98 Å². The molecule has 1 aromatic heterocycles. The first-order chi connectivity index (χ1) is 12.4. The van der Waals surface area contributed by atoms with Crippen molar-refractivity contribution in [3.63, 3.8) is 0 Å². The second-order valence-corrected chi connectivity index (χ2v) is 7.49. The summed E-state index contributed by atoms with van der Waals surface area (Å²) in [5.74, 6) is 0.844. The number of anilines is 1. The zero-order chi connectivity index (χ0) is 18.7. The first-order valence-corrected chi connectivity index (χ1v) is 9.00. The number of hydrogen-bond acceptors (Lipinski definition) is 3. The van der Waals surface area contributed by atoms with Crippen molar-refractivity contribution in [3.05, 3.63) is 70.0 Å². The largest absolute Gasteiger partial charge is 0.494 e. The van der Waals surface area contributed by atoms with Crippen LogP contribution in [-0.2, 0) is 12.0 Å². The van der Waals surface area contributed by atoms with Gasteiger partial charge in [0.2, 0.25) is 0 Å². The maximum absolute atomic E-state index is 12.4. The molecular formula is C22H26N2O2. The van der Waals surface area contributed by atoms with Crippen LogP contribution >= 0.6 is 0 Å². The Bertz CT molecular complexity index is 951. The Morgan fingerprint density at radius 1 is 1.04 bits per heavy atom. The second kappa shape index (κ2) is 7.24. The first-order valence-electron chi connectivity index (χ1n) is 9.00. The molecule has 2 N–H and O–H groups in total. The van der Waals surface area contributed by atoms with Crippen LogP contribution in [0.4, 0.5) is 5.69 Å². The minimum atomic E-state index is -0.0561. The van der Waals surface area contributed by atoms with Gasteiger partial charge in [-0.25, -0.2) is 0 Å². The number of pyridine rings is 1. The van der Waals surface area contributed by atoms with Crippen molar-refractivity contribution in [2.24, 2.45) is 0 Å². The van der Waals surface area contributed by atoms with Crippen molar-refractivity contribution < 1.29 is 4.74 Å². The van der Waals surface area contributed by atoms with Gasteiger partial charge in [-0.2, -0.15) is 0 Å². The Kier molecular flexibility index (Phi) is 5.03. The van der Waals surface area contributed by atoms with Crippen LogP contribution in [0.5, 0.6) is 5.75 Å². The van der Waals surface area contributed by atoms with E-state index in [1.54, 1.807) is 0 Å². The summed E-state index contributed by atoms with van der Waals surface area (Å²) in [6.45, 7) is 9.65. The highest BCUT2D eigenvalue weighted by atomic mass is 16.5. The zero-order valence-electron chi connectivity index (χ0n) is 15.8. The molecule has 2 aromatic carbocycles. The lowest BCUT2D eigenvalue weighted by molar-refractivity contribution is 0.340. The number of fused-ring (bicyclic) bond motifs is 1. The van der Waals surface area contributed by atoms with Crippen LogP contribution in [0, 0.1) is 0 Å². The van der Waals surface area contributed by atoms with Crippen LogP contribution < -0.4 is 15.6 Å². The lowest BCUT2D eigenvalue weighted by atomic mass is 9.86. The average Bonchev–Trinajstić information content (AvgIpc) is 2.60. The molecule has 4 heteroatoms. The van der Waals surface area contributed by atoms with E-state index in [-0.39, 0.29) is 11.0 Å². The highest BCUT2D eigenvalue weighted by Crippen LogP contribution is 2.25. The number of aromatic amines is 1. The molecule has 0 saturated carbocycles. The fourth-order valence-electron chi connectivity index (χ4n) is 2.88. The van der Waals surface area contributed by atoms with E-state index in [9.17, 15) is 4.79 Å². The molecule has 136 valence electrons. The standard InChI is InChI=1S/C22H26N2O2/c1-5-26-19-9-7-18(8-10-19)23-14-16-12-15-13-17(22(2,3)4)6-11-20(15)24-21(16)25/h6-13,23H,5,14H2,1-4H3,(H,24,25). The summed E-state index contributed by atoms with van der Waals surface area (Å²) in [5.41, 5.74) is 3.81. The topological polar surface area (TPSA) is 54.1 Å². The molecule has 1 heterocycles. The zero-order valence-corrected chi connectivity index (χ0v) is 15.8. The number of benzene rings is 2. The molecule has 0 bridgehead atoms. The third-order valence-corrected chi connectivity index (χ3v) is 4.44. The molecule has 0 amide bonds. The Morgan fingerprint density at radius 2 is 1.77 bits per heavy atom. The second-order valence-electron chi connectivity index (χ2n) is 7.49. The van der Waals surface area contributed by atoms with Crippen molar-refractivity contribution in [2.45, 2.75) is 39.7 Å². The summed E-state index contributed by atoms with van der Waals surface area (Å²) < 4.78 is 5.45.